The summed E-state index contributed by atoms with van der Waals surface area (Å²) in [5.41, 5.74) is -0.642. The largest absolute Gasteiger partial charge is 0.490 e. The van der Waals surface area contributed by atoms with Crippen LogP contribution in [0, 0.1) is 20.2 Å². The van der Waals surface area contributed by atoms with Crippen molar-refractivity contribution in [3.05, 3.63) is 127 Å². The third-order valence-corrected chi connectivity index (χ3v) is 7.07. The molecule has 4 aromatic rings. The number of rotatable bonds is 9. The van der Waals surface area contributed by atoms with E-state index in [0.29, 0.717) is 5.56 Å². The molecule has 0 radical (unpaired) electrons. The average molecular weight is 673 g/mol. The fraction of sp³-hybridized carbons (Fsp3) is 0.0645. The van der Waals surface area contributed by atoms with E-state index >= 15 is 0 Å². The van der Waals surface area contributed by atoms with Gasteiger partial charge in [-0.05, 0) is 77.0 Å². The van der Waals surface area contributed by atoms with Crippen LogP contribution in [0.1, 0.15) is 12.5 Å². The van der Waals surface area contributed by atoms with Crippen molar-refractivity contribution in [1.82, 2.24) is 0 Å². The fourth-order valence-corrected chi connectivity index (χ4v) is 5.04. The highest BCUT2D eigenvalue weighted by atomic mass is 79.9. The molecule has 1 heterocycles. The molecular weight excluding hydrogens is 652 g/mol. The zero-order valence-corrected chi connectivity index (χ0v) is 24.9. The van der Waals surface area contributed by atoms with Gasteiger partial charge in [-0.1, -0.05) is 36.4 Å². The van der Waals surface area contributed by atoms with Crippen LogP contribution in [-0.4, -0.2) is 34.3 Å². The number of non-ortho nitro benzene ring substituents is 1. The van der Waals surface area contributed by atoms with Gasteiger partial charge in [-0.2, -0.15) is 0 Å². The van der Waals surface area contributed by atoms with Gasteiger partial charge in [0.2, 0.25) is 5.75 Å². The first-order valence-electron chi connectivity index (χ1n) is 13.2. The number of para-hydroxylation sites is 2. The number of imide groups is 2. The number of anilines is 2. The molecule has 1 aliphatic heterocycles. The van der Waals surface area contributed by atoms with Gasteiger partial charge in [0, 0.05) is 6.07 Å². The number of ether oxygens (including phenoxy) is 2. The van der Waals surface area contributed by atoms with Crippen LogP contribution in [0.25, 0.3) is 6.08 Å². The van der Waals surface area contributed by atoms with Crippen LogP contribution in [0.5, 0.6) is 17.2 Å². The van der Waals surface area contributed by atoms with Crippen molar-refractivity contribution >= 4 is 62.6 Å². The Kier molecular flexibility index (Phi) is 8.67. The van der Waals surface area contributed by atoms with Crippen molar-refractivity contribution in [3.8, 4) is 17.2 Å². The van der Waals surface area contributed by atoms with Crippen molar-refractivity contribution in [2.24, 2.45) is 0 Å². The molecule has 13 nitrogen and oxygen atoms in total. The Balaban J connectivity index is 1.60. The quantitative estimate of drug-likeness (QED) is 0.0785. The van der Waals surface area contributed by atoms with E-state index in [9.17, 15) is 34.6 Å². The van der Waals surface area contributed by atoms with Crippen LogP contribution in [0.15, 0.2) is 101 Å². The molecule has 1 fully saturated rings. The second-order valence-corrected chi connectivity index (χ2v) is 10.2. The number of nitrogens with zero attached hydrogens (tertiary/aromatic N) is 4. The number of amides is 4. The highest BCUT2D eigenvalue weighted by molar-refractivity contribution is 9.10. The maximum Gasteiger partial charge on any atom is 0.343 e. The Hall–Kier alpha value is -5.89. The number of nitro groups is 2. The summed E-state index contributed by atoms with van der Waals surface area (Å²) in [6.45, 7) is 1.83. The van der Waals surface area contributed by atoms with Crippen LogP contribution in [0.4, 0.5) is 27.5 Å². The molecule has 4 aromatic carbocycles. The van der Waals surface area contributed by atoms with Crippen LogP contribution in [0.3, 0.4) is 0 Å². The SMILES string of the molecule is CCOc1cc(C=C2C(=O)N(c3ccccc3)C(=O)N(c3ccccc3)C2=O)cc(Br)c1Oc1ccc([N+](=O)[O-])cc1[N+](=O)[O-]. The van der Waals surface area contributed by atoms with Gasteiger partial charge in [0.1, 0.15) is 5.57 Å². The van der Waals surface area contributed by atoms with E-state index in [1.807, 2.05) is 0 Å². The highest BCUT2D eigenvalue weighted by Crippen LogP contribution is 2.43. The van der Waals surface area contributed by atoms with Gasteiger partial charge in [-0.25, -0.2) is 14.6 Å². The third-order valence-electron chi connectivity index (χ3n) is 6.48. The van der Waals surface area contributed by atoms with Crippen molar-refractivity contribution in [2.45, 2.75) is 6.92 Å². The Bertz CT molecular complexity index is 1820. The van der Waals surface area contributed by atoms with Gasteiger partial charge >= 0.3 is 11.7 Å². The van der Waals surface area contributed by atoms with E-state index in [4.69, 9.17) is 9.47 Å². The van der Waals surface area contributed by atoms with E-state index in [2.05, 4.69) is 15.9 Å². The molecule has 0 bridgehead atoms. The Morgan fingerprint density at radius 2 is 1.36 bits per heavy atom. The van der Waals surface area contributed by atoms with E-state index in [-0.39, 0.29) is 45.3 Å². The fourth-order valence-electron chi connectivity index (χ4n) is 4.50. The first-order valence-corrected chi connectivity index (χ1v) is 14.0. The zero-order chi connectivity index (χ0) is 32.2. The molecule has 0 saturated carbocycles. The molecule has 0 aliphatic carbocycles. The van der Waals surface area contributed by atoms with Crippen molar-refractivity contribution in [1.29, 1.82) is 0 Å². The molecule has 0 unspecified atom stereocenters. The second-order valence-electron chi connectivity index (χ2n) is 9.32. The Morgan fingerprint density at radius 3 is 1.87 bits per heavy atom. The normalized spacial score (nSPS) is 13.1. The van der Waals surface area contributed by atoms with Crippen molar-refractivity contribution < 1.29 is 33.7 Å². The average Bonchev–Trinajstić information content (AvgIpc) is 3.02. The smallest absolute Gasteiger partial charge is 0.343 e. The zero-order valence-electron chi connectivity index (χ0n) is 23.3. The standard InChI is InChI=1S/C31H21BrN4O9/c1-2-44-27-17-19(16-24(32)28(27)45-26-14-13-22(35(40)41)18-25(26)36(42)43)15-23-29(37)33(20-9-5-3-6-10-20)31(39)34(30(23)38)21-11-7-4-8-12-21/h3-18H,2H2,1H3. The number of benzene rings is 4. The molecule has 5 rings (SSSR count). The Labute approximate surface area is 263 Å². The second kappa shape index (κ2) is 12.8. The summed E-state index contributed by atoms with van der Waals surface area (Å²) in [5, 5.41) is 22.8. The summed E-state index contributed by atoms with van der Waals surface area (Å²) < 4.78 is 11.8. The minimum absolute atomic E-state index is 0.00394. The van der Waals surface area contributed by atoms with Crippen molar-refractivity contribution in [3.63, 3.8) is 0 Å². The molecule has 4 amide bonds. The predicted molar refractivity (Wildman–Crippen MR) is 166 cm³/mol. The summed E-state index contributed by atoms with van der Waals surface area (Å²) in [4.78, 5) is 64.0. The maximum atomic E-state index is 13.7. The minimum Gasteiger partial charge on any atom is -0.490 e. The number of hydrogen-bond acceptors (Lipinski definition) is 9. The number of carbonyl (C=O) groups excluding carboxylic acids is 3. The molecule has 0 aromatic heterocycles. The molecule has 1 aliphatic rings. The summed E-state index contributed by atoms with van der Waals surface area (Å²) in [7, 11) is 0. The lowest BCUT2D eigenvalue weighted by molar-refractivity contribution is -0.394. The maximum absolute atomic E-state index is 13.7. The summed E-state index contributed by atoms with van der Waals surface area (Å²) in [6.07, 6.45) is 1.30. The molecule has 226 valence electrons. The summed E-state index contributed by atoms with van der Waals surface area (Å²) in [6, 6.07) is 21.4. The van der Waals surface area contributed by atoms with Crippen LogP contribution in [-0.2, 0) is 9.59 Å². The molecule has 14 heteroatoms. The monoisotopic (exact) mass is 672 g/mol. The van der Waals surface area contributed by atoms with Crippen LogP contribution in [0.2, 0.25) is 0 Å². The number of hydrogen-bond donors (Lipinski definition) is 0. The van der Waals surface area contributed by atoms with E-state index < -0.39 is 39.1 Å². The number of carbonyl (C=O) groups is 3. The van der Waals surface area contributed by atoms with E-state index in [0.717, 1.165) is 28.0 Å². The Morgan fingerprint density at radius 1 is 0.778 bits per heavy atom. The highest BCUT2D eigenvalue weighted by Gasteiger charge is 2.43. The van der Waals surface area contributed by atoms with Gasteiger partial charge in [-0.3, -0.25) is 29.8 Å². The van der Waals surface area contributed by atoms with Crippen molar-refractivity contribution in [2.75, 3.05) is 16.4 Å². The van der Waals surface area contributed by atoms with Gasteiger partial charge in [0.25, 0.3) is 17.5 Å². The molecule has 1 saturated heterocycles. The number of nitro benzene ring substituents is 2. The lowest BCUT2D eigenvalue weighted by atomic mass is 10.0. The van der Waals surface area contributed by atoms with Crippen LogP contribution >= 0.6 is 15.9 Å². The lowest BCUT2D eigenvalue weighted by Gasteiger charge is -2.34. The number of barbiturate groups is 1. The van der Waals surface area contributed by atoms with E-state index in [1.165, 1.54) is 18.2 Å². The first kappa shape index (κ1) is 30.6. The van der Waals surface area contributed by atoms with Crippen LogP contribution < -0.4 is 19.3 Å². The van der Waals surface area contributed by atoms with Gasteiger partial charge in [0.05, 0.1) is 38.4 Å². The molecule has 0 N–H and O–H groups in total. The number of halogens is 1. The van der Waals surface area contributed by atoms with E-state index in [1.54, 1.807) is 67.6 Å². The summed E-state index contributed by atoms with van der Waals surface area (Å²) >= 11 is 3.37. The van der Waals surface area contributed by atoms with Gasteiger partial charge in [-0.15, -0.1) is 0 Å². The van der Waals surface area contributed by atoms with Gasteiger partial charge < -0.3 is 9.47 Å². The first-order chi connectivity index (χ1) is 21.6. The molecule has 0 atom stereocenters. The molecule has 45 heavy (non-hydrogen) atoms. The third kappa shape index (κ3) is 6.12. The predicted octanol–water partition coefficient (Wildman–Crippen LogP) is 7.04. The molecular formula is C31H21BrN4O9. The molecule has 0 spiro atoms. The van der Waals surface area contributed by atoms with Gasteiger partial charge in [0.15, 0.2) is 11.5 Å². The lowest BCUT2D eigenvalue weighted by Crippen LogP contribution is -2.57. The summed E-state index contributed by atoms with van der Waals surface area (Å²) in [5.74, 6) is -1.90. The minimum atomic E-state index is -0.848. The topological polar surface area (TPSA) is 162 Å². The number of urea groups is 1.